The van der Waals surface area contributed by atoms with Gasteiger partial charge in [-0.2, -0.15) is 0 Å². The molecule has 1 unspecified atom stereocenters. The monoisotopic (exact) mass is 272 g/mol. The molecule has 0 saturated carbocycles. The van der Waals surface area contributed by atoms with Gasteiger partial charge in [0.05, 0.1) is 19.0 Å². The predicted molar refractivity (Wildman–Crippen MR) is 76.2 cm³/mol. The third-order valence-corrected chi connectivity index (χ3v) is 2.98. The van der Waals surface area contributed by atoms with Crippen LogP contribution >= 0.6 is 0 Å². The van der Waals surface area contributed by atoms with Gasteiger partial charge in [-0.1, -0.05) is 12.1 Å². The van der Waals surface area contributed by atoms with Gasteiger partial charge >= 0.3 is 5.97 Å². The number of benzene rings is 1. The topological polar surface area (TPSA) is 71.5 Å². The van der Waals surface area contributed by atoms with E-state index in [0.717, 1.165) is 17.0 Å². The molecule has 0 fully saturated rings. The molecule has 2 N–H and O–H groups in total. The smallest absolute Gasteiger partial charge is 0.354 e. The second kappa shape index (κ2) is 6.06. The summed E-state index contributed by atoms with van der Waals surface area (Å²) < 4.78 is 5.12. The Kier molecular flexibility index (Phi) is 4.20. The van der Waals surface area contributed by atoms with Crippen LogP contribution in [0.25, 0.3) is 0 Å². The second-order valence-electron chi connectivity index (χ2n) is 4.38. The van der Waals surface area contributed by atoms with Gasteiger partial charge in [0.2, 0.25) is 0 Å². The predicted octanol–water partition coefficient (Wildman–Crippen LogP) is 2.96. The summed E-state index contributed by atoms with van der Waals surface area (Å²) in [5.74, 6) is -0.215. The first-order valence-corrected chi connectivity index (χ1v) is 6.20. The molecule has 0 radical (unpaired) electrons. The summed E-state index contributed by atoms with van der Waals surface area (Å²) in [6, 6.07) is 11.0. The number of pyridine rings is 1. The van der Waals surface area contributed by atoms with E-state index in [1.165, 1.54) is 12.3 Å². The Morgan fingerprint density at radius 2 is 1.95 bits per heavy atom. The quantitative estimate of drug-likeness (QED) is 0.875. The lowest BCUT2D eigenvalue weighted by atomic mass is 10.1. The number of nitrogens with one attached hydrogen (secondary N) is 1. The van der Waals surface area contributed by atoms with E-state index in [2.05, 4.69) is 10.3 Å². The zero-order valence-electron chi connectivity index (χ0n) is 11.3. The van der Waals surface area contributed by atoms with E-state index < -0.39 is 5.97 Å². The van der Waals surface area contributed by atoms with Crippen molar-refractivity contribution >= 4 is 11.7 Å². The number of hydrogen-bond donors (Lipinski definition) is 2. The molecule has 0 aliphatic heterocycles. The molecule has 5 heteroatoms. The highest BCUT2D eigenvalue weighted by Crippen LogP contribution is 2.21. The Balaban J connectivity index is 2.06. The van der Waals surface area contributed by atoms with Crippen LogP contribution in [0, 0.1) is 0 Å². The van der Waals surface area contributed by atoms with E-state index in [0.29, 0.717) is 0 Å². The molecule has 2 aromatic rings. The molecular weight excluding hydrogens is 256 g/mol. The van der Waals surface area contributed by atoms with Crippen molar-refractivity contribution in [3.63, 3.8) is 0 Å². The van der Waals surface area contributed by atoms with Crippen LogP contribution in [0.2, 0.25) is 0 Å². The van der Waals surface area contributed by atoms with Gasteiger partial charge in [0.1, 0.15) is 11.4 Å². The third-order valence-electron chi connectivity index (χ3n) is 2.98. The first-order chi connectivity index (χ1) is 9.60. The van der Waals surface area contributed by atoms with Gasteiger partial charge in [-0.15, -0.1) is 0 Å². The van der Waals surface area contributed by atoms with Crippen molar-refractivity contribution in [2.75, 3.05) is 12.4 Å². The molecule has 1 aromatic carbocycles. The van der Waals surface area contributed by atoms with Crippen molar-refractivity contribution in [2.24, 2.45) is 0 Å². The molecule has 1 atom stereocenters. The van der Waals surface area contributed by atoms with Gasteiger partial charge in [-0.05, 0) is 36.8 Å². The number of carboxylic acids is 1. The fourth-order valence-corrected chi connectivity index (χ4v) is 1.83. The molecule has 2 rings (SSSR count). The van der Waals surface area contributed by atoms with Crippen LogP contribution in [0.4, 0.5) is 5.69 Å². The zero-order chi connectivity index (χ0) is 14.5. The second-order valence-corrected chi connectivity index (χ2v) is 4.38. The molecule has 0 aliphatic rings. The van der Waals surface area contributed by atoms with Crippen molar-refractivity contribution in [1.82, 2.24) is 4.98 Å². The standard InChI is InChI=1S/C15H16N2O3/c1-10(11-3-6-13(20-2)7-4-11)17-12-5-8-14(15(18)19)16-9-12/h3-10,17H,1-2H3,(H,18,19). The van der Waals surface area contributed by atoms with Crippen LogP contribution in [0.3, 0.4) is 0 Å². The molecular formula is C15H16N2O3. The van der Waals surface area contributed by atoms with Crippen molar-refractivity contribution < 1.29 is 14.6 Å². The fourth-order valence-electron chi connectivity index (χ4n) is 1.83. The van der Waals surface area contributed by atoms with Crippen molar-refractivity contribution in [3.8, 4) is 5.75 Å². The molecule has 0 aliphatic carbocycles. The Morgan fingerprint density at radius 3 is 2.45 bits per heavy atom. The number of aromatic carboxylic acids is 1. The maximum absolute atomic E-state index is 10.7. The van der Waals surface area contributed by atoms with Crippen LogP contribution in [0.1, 0.15) is 29.0 Å². The van der Waals surface area contributed by atoms with E-state index in [1.54, 1.807) is 13.2 Å². The summed E-state index contributed by atoms with van der Waals surface area (Å²) in [6.07, 6.45) is 1.52. The lowest BCUT2D eigenvalue weighted by Gasteiger charge is -2.15. The number of rotatable bonds is 5. The van der Waals surface area contributed by atoms with Crippen LogP contribution < -0.4 is 10.1 Å². The summed E-state index contributed by atoms with van der Waals surface area (Å²) in [6.45, 7) is 2.02. The average Bonchev–Trinajstić information content (AvgIpc) is 2.48. The summed E-state index contributed by atoms with van der Waals surface area (Å²) in [4.78, 5) is 14.6. The number of ether oxygens (including phenoxy) is 1. The molecule has 0 amide bonds. The van der Waals surface area contributed by atoms with Gasteiger partial charge in [-0.25, -0.2) is 9.78 Å². The maximum atomic E-state index is 10.7. The Morgan fingerprint density at radius 1 is 1.25 bits per heavy atom. The highest BCUT2D eigenvalue weighted by Gasteiger charge is 2.07. The molecule has 20 heavy (non-hydrogen) atoms. The molecule has 0 saturated heterocycles. The first-order valence-electron chi connectivity index (χ1n) is 6.20. The highest BCUT2D eigenvalue weighted by atomic mass is 16.5. The van der Waals surface area contributed by atoms with Gasteiger partial charge in [0.25, 0.3) is 0 Å². The normalized spacial score (nSPS) is 11.7. The molecule has 1 heterocycles. The zero-order valence-corrected chi connectivity index (χ0v) is 11.3. The van der Waals surface area contributed by atoms with E-state index in [9.17, 15) is 4.79 Å². The molecule has 1 aromatic heterocycles. The van der Waals surface area contributed by atoms with Gasteiger partial charge in [-0.3, -0.25) is 0 Å². The lowest BCUT2D eigenvalue weighted by Crippen LogP contribution is -2.07. The van der Waals surface area contributed by atoms with Gasteiger partial charge < -0.3 is 15.2 Å². The molecule has 0 bridgehead atoms. The van der Waals surface area contributed by atoms with Crippen molar-refractivity contribution in [1.29, 1.82) is 0 Å². The van der Waals surface area contributed by atoms with Crippen LogP contribution in [-0.2, 0) is 0 Å². The number of carboxylic acid groups (broad SMARTS) is 1. The lowest BCUT2D eigenvalue weighted by molar-refractivity contribution is 0.0690. The summed E-state index contributed by atoms with van der Waals surface area (Å²) in [5.41, 5.74) is 1.92. The number of nitrogens with zero attached hydrogens (tertiary/aromatic N) is 1. The minimum absolute atomic E-state index is 0.0349. The van der Waals surface area contributed by atoms with E-state index in [1.807, 2.05) is 31.2 Å². The van der Waals surface area contributed by atoms with Gasteiger partial charge in [0, 0.05) is 6.04 Å². The average molecular weight is 272 g/mol. The summed E-state index contributed by atoms with van der Waals surface area (Å²) >= 11 is 0. The van der Waals surface area contributed by atoms with E-state index >= 15 is 0 Å². The number of aromatic nitrogens is 1. The Labute approximate surface area is 117 Å². The van der Waals surface area contributed by atoms with Gasteiger partial charge in [0.15, 0.2) is 0 Å². The van der Waals surface area contributed by atoms with E-state index in [-0.39, 0.29) is 11.7 Å². The fraction of sp³-hybridized carbons (Fsp3) is 0.200. The number of carbonyl (C=O) groups is 1. The SMILES string of the molecule is COc1ccc(C(C)Nc2ccc(C(=O)O)nc2)cc1. The van der Waals surface area contributed by atoms with Crippen molar-refractivity contribution in [2.45, 2.75) is 13.0 Å². The maximum Gasteiger partial charge on any atom is 0.354 e. The first kappa shape index (κ1) is 13.9. The third kappa shape index (κ3) is 3.26. The highest BCUT2D eigenvalue weighted by molar-refractivity contribution is 5.85. The molecule has 0 spiro atoms. The largest absolute Gasteiger partial charge is 0.497 e. The summed E-state index contributed by atoms with van der Waals surface area (Å²) in [5, 5.41) is 12.1. The Hall–Kier alpha value is -2.56. The minimum atomic E-state index is -1.03. The number of methoxy groups -OCH3 is 1. The van der Waals surface area contributed by atoms with Crippen LogP contribution in [-0.4, -0.2) is 23.2 Å². The minimum Gasteiger partial charge on any atom is -0.497 e. The number of anilines is 1. The number of hydrogen-bond acceptors (Lipinski definition) is 4. The Bertz CT molecular complexity index is 579. The van der Waals surface area contributed by atoms with E-state index in [4.69, 9.17) is 9.84 Å². The molecule has 104 valence electrons. The van der Waals surface area contributed by atoms with Crippen molar-refractivity contribution in [3.05, 3.63) is 53.9 Å². The molecule has 5 nitrogen and oxygen atoms in total. The summed E-state index contributed by atoms with van der Waals surface area (Å²) in [7, 11) is 1.63. The van der Waals surface area contributed by atoms with Crippen LogP contribution in [0.15, 0.2) is 42.6 Å². The van der Waals surface area contributed by atoms with Crippen LogP contribution in [0.5, 0.6) is 5.75 Å².